The van der Waals surface area contributed by atoms with E-state index in [9.17, 15) is 4.79 Å². The Bertz CT molecular complexity index is 637. The monoisotopic (exact) mass is 283 g/mol. The number of ether oxygens (including phenoxy) is 1. The minimum atomic E-state index is 0.0274. The second-order valence-corrected chi connectivity index (χ2v) is 5.02. The van der Waals surface area contributed by atoms with Crippen LogP contribution in [0.1, 0.15) is 17.5 Å². The molecule has 108 valence electrons. The summed E-state index contributed by atoms with van der Waals surface area (Å²) in [6, 6.07) is 15.2. The van der Waals surface area contributed by atoms with Gasteiger partial charge in [0.25, 0.3) is 0 Å². The van der Waals surface area contributed by atoms with Gasteiger partial charge in [0.1, 0.15) is 5.75 Å². The predicted octanol–water partition coefficient (Wildman–Crippen LogP) is 2.49. The molecule has 1 aliphatic rings. The number of aliphatic hydroxyl groups excluding tert-OH is 1. The van der Waals surface area contributed by atoms with Crippen molar-refractivity contribution in [1.82, 2.24) is 0 Å². The number of carbonyl (C=O) groups excluding carboxylic acids is 1. The number of rotatable bonds is 3. The van der Waals surface area contributed by atoms with Crippen molar-refractivity contribution in [2.45, 2.75) is 19.6 Å². The molecule has 2 aromatic carbocycles. The first kappa shape index (κ1) is 13.6. The van der Waals surface area contributed by atoms with Crippen LogP contribution in [0, 0.1) is 0 Å². The van der Waals surface area contributed by atoms with Crippen molar-refractivity contribution < 1.29 is 14.6 Å². The number of nitrogens with zero attached hydrogens (tertiary/aromatic N) is 1. The molecule has 21 heavy (non-hydrogen) atoms. The van der Waals surface area contributed by atoms with Gasteiger partial charge in [0.15, 0.2) is 0 Å². The minimum Gasteiger partial charge on any atom is -0.491 e. The number of amides is 1. The number of aliphatic hydroxyl groups is 1. The Morgan fingerprint density at radius 2 is 1.76 bits per heavy atom. The minimum absolute atomic E-state index is 0.0274. The van der Waals surface area contributed by atoms with E-state index < -0.39 is 0 Å². The Hall–Kier alpha value is -2.33. The second-order valence-electron chi connectivity index (χ2n) is 5.02. The standard InChI is InChI=1S/C17H17NO3/c19-12-14-7-5-13(6-8-14)11-18-15-3-1-2-4-16(15)21-10-9-17(18)20/h1-8,19H,9-12H2. The lowest BCUT2D eigenvalue weighted by Gasteiger charge is -2.22. The third-order valence-corrected chi connectivity index (χ3v) is 3.58. The molecular weight excluding hydrogens is 266 g/mol. The molecule has 1 aliphatic heterocycles. The number of anilines is 1. The van der Waals surface area contributed by atoms with E-state index in [1.54, 1.807) is 4.90 Å². The Morgan fingerprint density at radius 1 is 1.05 bits per heavy atom. The molecule has 1 heterocycles. The van der Waals surface area contributed by atoms with E-state index in [2.05, 4.69) is 0 Å². The second kappa shape index (κ2) is 5.97. The predicted molar refractivity (Wildman–Crippen MR) is 80.1 cm³/mol. The lowest BCUT2D eigenvalue weighted by atomic mass is 10.1. The summed E-state index contributed by atoms with van der Waals surface area (Å²) in [5.41, 5.74) is 2.70. The maximum atomic E-state index is 12.3. The first-order valence-corrected chi connectivity index (χ1v) is 6.99. The van der Waals surface area contributed by atoms with Crippen LogP contribution in [0.4, 0.5) is 5.69 Å². The van der Waals surface area contributed by atoms with Crippen molar-refractivity contribution in [3.8, 4) is 5.75 Å². The average Bonchev–Trinajstić information content (AvgIpc) is 2.68. The third-order valence-electron chi connectivity index (χ3n) is 3.58. The van der Waals surface area contributed by atoms with Crippen LogP contribution < -0.4 is 9.64 Å². The summed E-state index contributed by atoms with van der Waals surface area (Å²) in [7, 11) is 0. The number of benzene rings is 2. The molecular formula is C17H17NO3. The third kappa shape index (κ3) is 2.90. The van der Waals surface area contributed by atoms with Crippen LogP contribution in [0.5, 0.6) is 5.75 Å². The van der Waals surface area contributed by atoms with E-state index in [1.807, 2.05) is 48.5 Å². The van der Waals surface area contributed by atoms with Crippen molar-refractivity contribution in [1.29, 1.82) is 0 Å². The summed E-state index contributed by atoms with van der Waals surface area (Å²) in [4.78, 5) is 14.1. The van der Waals surface area contributed by atoms with Crippen molar-refractivity contribution in [2.75, 3.05) is 11.5 Å². The quantitative estimate of drug-likeness (QED) is 0.941. The first-order valence-electron chi connectivity index (χ1n) is 6.99. The summed E-state index contributed by atoms with van der Waals surface area (Å²) >= 11 is 0. The summed E-state index contributed by atoms with van der Waals surface area (Å²) in [6.07, 6.45) is 0.378. The van der Waals surface area contributed by atoms with Crippen LogP contribution in [0.2, 0.25) is 0 Å². The van der Waals surface area contributed by atoms with Gasteiger partial charge >= 0.3 is 0 Å². The van der Waals surface area contributed by atoms with Gasteiger partial charge in [-0.25, -0.2) is 0 Å². The molecule has 4 heteroatoms. The molecule has 0 bridgehead atoms. The van der Waals surface area contributed by atoms with Crippen LogP contribution in [0.15, 0.2) is 48.5 Å². The Balaban J connectivity index is 1.90. The Morgan fingerprint density at radius 3 is 2.52 bits per heavy atom. The maximum Gasteiger partial charge on any atom is 0.230 e. The Labute approximate surface area is 123 Å². The van der Waals surface area contributed by atoms with Crippen LogP contribution in [-0.2, 0) is 17.9 Å². The normalized spacial score (nSPS) is 14.3. The molecule has 0 saturated carbocycles. The van der Waals surface area contributed by atoms with Gasteiger partial charge in [0, 0.05) is 0 Å². The van der Waals surface area contributed by atoms with Gasteiger partial charge in [0.2, 0.25) is 5.91 Å². The average molecular weight is 283 g/mol. The number of para-hydroxylation sites is 2. The summed E-state index contributed by atoms with van der Waals surface area (Å²) < 4.78 is 5.63. The fourth-order valence-electron chi connectivity index (χ4n) is 2.43. The molecule has 0 unspecified atom stereocenters. The largest absolute Gasteiger partial charge is 0.491 e. The SMILES string of the molecule is O=C1CCOc2ccccc2N1Cc1ccc(CO)cc1. The van der Waals surface area contributed by atoms with Gasteiger partial charge in [-0.3, -0.25) is 4.79 Å². The first-order chi connectivity index (χ1) is 10.3. The molecule has 3 rings (SSSR count). The van der Waals surface area contributed by atoms with E-state index in [0.29, 0.717) is 19.6 Å². The summed E-state index contributed by atoms with van der Waals surface area (Å²) in [5.74, 6) is 0.807. The molecule has 2 aromatic rings. The van der Waals surface area contributed by atoms with Crippen molar-refractivity contribution in [3.05, 3.63) is 59.7 Å². The van der Waals surface area contributed by atoms with Crippen LogP contribution in [0.25, 0.3) is 0 Å². The van der Waals surface area contributed by atoms with Crippen molar-refractivity contribution in [2.24, 2.45) is 0 Å². The van der Waals surface area contributed by atoms with Gasteiger partial charge in [-0.1, -0.05) is 36.4 Å². The molecule has 0 saturated heterocycles. The number of hydrogen-bond acceptors (Lipinski definition) is 3. The highest BCUT2D eigenvalue weighted by atomic mass is 16.5. The van der Waals surface area contributed by atoms with E-state index in [1.165, 1.54) is 0 Å². The Kier molecular flexibility index (Phi) is 3.88. The highest BCUT2D eigenvalue weighted by molar-refractivity contribution is 5.95. The lowest BCUT2D eigenvalue weighted by molar-refractivity contribution is -0.118. The molecule has 1 amide bonds. The van der Waals surface area contributed by atoms with Gasteiger partial charge < -0.3 is 14.7 Å². The van der Waals surface area contributed by atoms with Gasteiger partial charge in [0.05, 0.1) is 31.9 Å². The van der Waals surface area contributed by atoms with Crippen LogP contribution in [0.3, 0.4) is 0 Å². The molecule has 0 fully saturated rings. The van der Waals surface area contributed by atoms with E-state index in [4.69, 9.17) is 9.84 Å². The number of hydrogen-bond donors (Lipinski definition) is 1. The smallest absolute Gasteiger partial charge is 0.230 e. The maximum absolute atomic E-state index is 12.3. The molecule has 0 radical (unpaired) electrons. The number of carbonyl (C=O) groups is 1. The van der Waals surface area contributed by atoms with Crippen molar-refractivity contribution >= 4 is 11.6 Å². The summed E-state index contributed by atoms with van der Waals surface area (Å²) in [6.45, 7) is 0.945. The zero-order valence-corrected chi connectivity index (χ0v) is 11.7. The van der Waals surface area contributed by atoms with Gasteiger partial charge in [-0.2, -0.15) is 0 Å². The highest BCUT2D eigenvalue weighted by Crippen LogP contribution is 2.32. The fraction of sp³-hybridized carbons (Fsp3) is 0.235. The van der Waals surface area contributed by atoms with Crippen LogP contribution >= 0.6 is 0 Å². The van der Waals surface area contributed by atoms with Crippen LogP contribution in [-0.4, -0.2) is 17.6 Å². The molecule has 1 N–H and O–H groups in total. The molecule has 0 aromatic heterocycles. The van der Waals surface area contributed by atoms with Gasteiger partial charge in [-0.05, 0) is 23.3 Å². The lowest BCUT2D eigenvalue weighted by Crippen LogP contribution is -2.29. The summed E-state index contributed by atoms with van der Waals surface area (Å²) in [5, 5.41) is 9.08. The van der Waals surface area contributed by atoms with Gasteiger partial charge in [-0.15, -0.1) is 0 Å². The van der Waals surface area contributed by atoms with E-state index >= 15 is 0 Å². The molecule has 0 atom stereocenters. The molecule has 4 nitrogen and oxygen atoms in total. The fourth-order valence-corrected chi connectivity index (χ4v) is 2.43. The van der Waals surface area contributed by atoms with Crippen molar-refractivity contribution in [3.63, 3.8) is 0 Å². The van der Waals surface area contributed by atoms with E-state index in [-0.39, 0.29) is 12.5 Å². The van der Waals surface area contributed by atoms with E-state index in [0.717, 1.165) is 22.6 Å². The zero-order chi connectivity index (χ0) is 14.7. The number of fused-ring (bicyclic) bond motifs is 1. The zero-order valence-electron chi connectivity index (χ0n) is 11.7. The highest BCUT2D eigenvalue weighted by Gasteiger charge is 2.22. The topological polar surface area (TPSA) is 49.8 Å². The molecule has 0 aliphatic carbocycles. The molecule has 0 spiro atoms.